The third-order valence-electron chi connectivity index (χ3n) is 5.62. The number of benzene rings is 1. The van der Waals surface area contributed by atoms with Crippen LogP contribution in [0.5, 0.6) is 5.75 Å². The summed E-state index contributed by atoms with van der Waals surface area (Å²) in [4.78, 5) is 14.4. The van der Waals surface area contributed by atoms with E-state index in [9.17, 15) is 9.90 Å². The molecule has 2 saturated carbocycles. The highest BCUT2D eigenvalue weighted by Gasteiger charge is 2.49. The van der Waals surface area contributed by atoms with E-state index in [-0.39, 0.29) is 11.3 Å². The SMILES string of the molecule is O=C(CN1Cc2ccc(O)cc2C2(CC2)C1)NCC1CCC1. The van der Waals surface area contributed by atoms with Gasteiger partial charge in [0.15, 0.2) is 0 Å². The predicted octanol–water partition coefficient (Wildman–Crippen LogP) is 2.16. The maximum Gasteiger partial charge on any atom is 0.234 e. The summed E-state index contributed by atoms with van der Waals surface area (Å²) in [7, 11) is 0. The van der Waals surface area contributed by atoms with Crippen molar-refractivity contribution >= 4 is 5.91 Å². The molecule has 0 atom stereocenters. The van der Waals surface area contributed by atoms with E-state index < -0.39 is 0 Å². The molecule has 3 aliphatic rings. The van der Waals surface area contributed by atoms with Gasteiger partial charge in [-0.05, 0) is 54.9 Å². The number of nitrogens with one attached hydrogen (secondary N) is 1. The van der Waals surface area contributed by atoms with Crippen molar-refractivity contribution in [3.8, 4) is 5.75 Å². The summed E-state index contributed by atoms with van der Waals surface area (Å²) in [5.74, 6) is 1.23. The molecule has 1 aromatic rings. The number of amides is 1. The molecule has 1 heterocycles. The highest BCUT2D eigenvalue weighted by molar-refractivity contribution is 5.78. The van der Waals surface area contributed by atoms with Crippen LogP contribution in [-0.2, 0) is 16.8 Å². The van der Waals surface area contributed by atoms with E-state index in [0.29, 0.717) is 18.2 Å². The molecule has 1 spiro atoms. The van der Waals surface area contributed by atoms with Crippen molar-refractivity contribution in [3.05, 3.63) is 29.3 Å². The van der Waals surface area contributed by atoms with Crippen LogP contribution in [0.1, 0.15) is 43.2 Å². The molecule has 2 fully saturated rings. The summed E-state index contributed by atoms with van der Waals surface area (Å²) in [5.41, 5.74) is 2.77. The zero-order valence-corrected chi connectivity index (χ0v) is 13.0. The minimum absolute atomic E-state index is 0.157. The van der Waals surface area contributed by atoms with E-state index >= 15 is 0 Å². The van der Waals surface area contributed by atoms with Gasteiger partial charge < -0.3 is 10.4 Å². The fourth-order valence-corrected chi connectivity index (χ4v) is 3.91. The minimum atomic E-state index is 0.157. The quantitative estimate of drug-likeness (QED) is 0.896. The molecule has 0 bridgehead atoms. The maximum absolute atomic E-state index is 12.2. The van der Waals surface area contributed by atoms with Crippen LogP contribution in [0.15, 0.2) is 18.2 Å². The molecule has 4 rings (SSSR count). The Kier molecular flexibility index (Phi) is 3.37. The fourth-order valence-electron chi connectivity index (χ4n) is 3.91. The normalized spacial score (nSPS) is 22.9. The summed E-state index contributed by atoms with van der Waals surface area (Å²) in [5, 5.41) is 12.8. The van der Waals surface area contributed by atoms with E-state index in [2.05, 4.69) is 10.2 Å². The van der Waals surface area contributed by atoms with E-state index in [4.69, 9.17) is 0 Å². The number of phenols is 1. The minimum Gasteiger partial charge on any atom is -0.508 e. The second-order valence-electron chi connectivity index (χ2n) is 7.37. The zero-order chi connectivity index (χ0) is 15.2. The average molecular weight is 300 g/mol. The molecule has 1 aliphatic heterocycles. The third kappa shape index (κ3) is 2.60. The van der Waals surface area contributed by atoms with Gasteiger partial charge in [-0.2, -0.15) is 0 Å². The summed E-state index contributed by atoms with van der Waals surface area (Å²) in [6.07, 6.45) is 6.19. The van der Waals surface area contributed by atoms with Crippen LogP contribution < -0.4 is 5.32 Å². The van der Waals surface area contributed by atoms with Crippen LogP contribution in [0.2, 0.25) is 0 Å². The molecule has 0 saturated heterocycles. The Balaban J connectivity index is 1.40. The Bertz CT molecular complexity index is 591. The first-order chi connectivity index (χ1) is 10.6. The van der Waals surface area contributed by atoms with Crippen molar-refractivity contribution in [1.29, 1.82) is 0 Å². The second kappa shape index (κ2) is 5.27. The van der Waals surface area contributed by atoms with Crippen LogP contribution in [0.4, 0.5) is 0 Å². The van der Waals surface area contributed by atoms with Crippen molar-refractivity contribution in [1.82, 2.24) is 10.2 Å². The summed E-state index contributed by atoms with van der Waals surface area (Å²) < 4.78 is 0. The Morgan fingerprint density at radius 1 is 1.36 bits per heavy atom. The molecule has 118 valence electrons. The van der Waals surface area contributed by atoms with Gasteiger partial charge in [0.2, 0.25) is 5.91 Å². The van der Waals surface area contributed by atoms with Gasteiger partial charge in [-0.15, -0.1) is 0 Å². The second-order valence-corrected chi connectivity index (χ2v) is 7.37. The monoisotopic (exact) mass is 300 g/mol. The van der Waals surface area contributed by atoms with E-state index in [0.717, 1.165) is 19.6 Å². The Hall–Kier alpha value is -1.55. The highest BCUT2D eigenvalue weighted by atomic mass is 16.3. The van der Waals surface area contributed by atoms with Crippen LogP contribution in [-0.4, -0.2) is 35.5 Å². The summed E-state index contributed by atoms with van der Waals surface area (Å²) in [6, 6.07) is 5.70. The lowest BCUT2D eigenvalue weighted by Gasteiger charge is -2.35. The Morgan fingerprint density at radius 3 is 2.86 bits per heavy atom. The number of fused-ring (bicyclic) bond motifs is 2. The number of nitrogens with zero attached hydrogens (tertiary/aromatic N) is 1. The van der Waals surface area contributed by atoms with Gasteiger partial charge in [0.25, 0.3) is 0 Å². The molecule has 2 N–H and O–H groups in total. The molecule has 0 aromatic heterocycles. The molecule has 4 heteroatoms. The first-order valence-electron chi connectivity index (χ1n) is 8.46. The van der Waals surface area contributed by atoms with Gasteiger partial charge in [-0.3, -0.25) is 9.69 Å². The van der Waals surface area contributed by atoms with Crippen molar-refractivity contribution < 1.29 is 9.90 Å². The van der Waals surface area contributed by atoms with Crippen LogP contribution >= 0.6 is 0 Å². The van der Waals surface area contributed by atoms with Crippen LogP contribution in [0, 0.1) is 5.92 Å². The number of hydrogen-bond donors (Lipinski definition) is 2. The lowest BCUT2D eigenvalue weighted by molar-refractivity contribution is -0.122. The van der Waals surface area contributed by atoms with Gasteiger partial charge in [0, 0.05) is 25.0 Å². The first kappa shape index (κ1) is 14.1. The van der Waals surface area contributed by atoms with Crippen LogP contribution in [0.25, 0.3) is 0 Å². The van der Waals surface area contributed by atoms with Crippen molar-refractivity contribution in [3.63, 3.8) is 0 Å². The molecule has 0 radical (unpaired) electrons. The number of carbonyl (C=O) groups excluding carboxylic acids is 1. The largest absolute Gasteiger partial charge is 0.508 e. The van der Waals surface area contributed by atoms with E-state index in [1.54, 1.807) is 6.07 Å². The van der Waals surface area contributed by atoms with Gasteiger partial charge in [-0.25, -0.2) is 0 Å². The predicted molar refractivity (Wildman–Crippen MR) is 84.6 cm³/mol. The summed E-state index contributed by atoms with van der Waals surface area (Å²) in [6.45, 7) is 3.10. The highest BCUT2D eigenvalue weighted by Crippen LogP contribution is 2.52. The molecular formula is C18H24N2O2. The third-order valence-corrected chi connectivity index (χ3v) is 5.62. The fraction of sp³-hybridized carbons (Fsp3) is 0.611. The van der Waals surface area contributed by atoms with Gasteiger partial charge in [0.1, 0.15) is 5.75 Å². The number of aromatic hydroxyl groups is 1. The van der Waals surface area contributed by atoms with Crippen LogP contribution in [0.3, 0.4) is 0 Å². The Labute approximate surface area is 131 Å². The number of rotatable bonds is 4. The maximum atomic E-state index is 12.2. The molecule has 1 aromatic carbocycles. The first-order valence-corrected chi connectivity index (χ1v) is 8.46. The molecule has 22 heavy (non-hydrogen) atoms. The smallest absolute Gasteiger partial charge is 0.234 e. The number of hydrogen-bond acceptors (Lipinski definition) is 3. The van der Waals surface area contributed by atoms with Crippen molar-refractivity contribution in [2.75, 3.05) is 19.6 Å². The average Bonchev–Trinajstić information content (AvgIpc) is 3.18. The Morgan fingerprint density at radius 2 is 2.18 bits per heavy atom. The van der Waals surface area contributed by atoms with E-state index in [1.165, 1.54) is 43.2 Å². The number of phenolic OH excluding ortho intramolecular Hbond substituents is 1. The lowest BCUT2D eigenvalue weighted by atomic mass is 9.85. The van der Waals surface area contributed by atoms with Crippen molar-refractivity contribution in [2.24, 2.45) is 5.92 Å². The lowest BCUT2D eigenvalue weighted by Crippen LogP contribution is -2.44. The molecule has 0 unspecified atom stereocenters. The van der Waals surface area contributed by atoms with Gasteiger partial charge in [-0.1, -0.05) is 12.5 Å². The van der Waals surface area contributed by atoms with Gasteiger partial charge in [0.05, 0.1) is 6.54 Å². The molecule has 4 nitrogen and oxygen atoms in total. The molecule has 1 amide bonds. The standard InChI is InChI=1S/C18H24N2O2/c21-15-5-4-14-10-20(12-18(6-7-18)16(14)8-15)11-17(22)19-9-13-2-1-3-13/h4-5,8,13,21H,1-3,6-7,9-12H2,(H,19,22). The van der Waals surface area contributed by atoms with Gasteiger partial charge >= 0.3 is 0 Å². The molecule has 2 aliphatic carbocycles. The molecular weight excluding hydrogens is 276 g/mol. The zero-order valence-electron chi connectivity index (χ0n) is 13.0. The number of carbonyl (C=O) groups is 1. The van der Waals surface area contributed by atoms with E-state index in [1.807, 2.05) is 12.1 Å². The summed E-state index contributed by atoms with van der Waals surface area (Å²) >= 11 is 0. The van der Waals surface area contributed by atoms with Crippen molar-refractivity contribution in [2.45, 2.75) is 44.1 Å². The topological polar surface area (TPSA) is 52.6 Å².